The van der Waals surface area contributed by atoms with Gasteiger partial charge in [-0.05, 0) is 61.9 Å². The molecule has 102 valence electrons. The Balaban J connectivity index is 2.29. The summed E-state index contributed by atoms with van der Waals surface area (Å²) in [7, 11) is 0. The van der Waals surface area contributed by atoms with E-state index in [4.69, 9.17) is 0 Å². The van der Waals surface area contributed by atoms with Crippen molar-refractivity contribution in [2.24, 2.45) is 11.3 Å². The molecule has 0 aromatic carbocycles. The molecule has 0 aromatic heterocycles. The van der Waals surface area contributed by atoms with Crippen LogP contribution in [0.1, 0.15) is 64.7 Å². The number of hydrogen-bond donors (Lipinski definition) is 1. The monoisotopic (exact) mass is 258 g/mol. The van der Waals surface area contributed by atoms with Gasteiger partial charge < -0.3 is 5.11 Å². The minimum absolute atomic E-state index is 0.290. The first-order valence-electron chi connectivity index (χ1n) is 7.36. The Morgan fingerprint density at radius 2 is 1.94 bits per heavy atom. The molecule has 1 rings (SSSR count). The Labute approximate surface area is 112 Å². The van der Waals surface area contributed by atoms with E-state index in [1.54, 1.807) is 0 Å². The van der Waals surface area contributed by atoms with E-state index in [2.05, 4.69) is 13.2 Å². The topological polar surface area (TPSA) is 20.2 Å². The Kier molecular flexibility index (Phi) is 7.61. The highest BCUT2D eigenvalue weighted by Crippen LogP contribution is 2.43. The quantitative estimate of drug-likeness (QED) is 0.647. The lowest BCUT2D eigenvalue weighted by Gasteiger charge is -2.39. The molecule has 0 unspecified atom stereocenters. The van der Waals surface area contributed by atoms with Crippen molar-refractivity contribution in [1.29, 1.82) is 0 Å². The first-order chi connectivity index (χ1) is 8.26. The number of unbranched alkanes of at least 4 members (excludes halogenated alkanes) is 1. The van der Waals surface area contributed by atoms with Gasteiger partial charge in [-0.15, -0.1) is 0 Å². The number of thioether (sulfide) groups is 1. The van der Waals surface area contributed by atoms with Crippen LogP contribution in [0.2, 0.25) is 0 Å². The van der Waals surface area contributed by atoms with E-state index in [-0.39, 0.29) is 0 Å². The van der Waals surface area contributed by atoms with Crippen LogP contribution in [0.5, 0.6) is 0 Å². The van der Waals surface area contributed by atoms with E-state index in [9.17, 15) is 5.11 Å². The lowest BCUT2D eigenvalue weighted by atomic mass is 9.68. The van der Waals surface area contributed by atoms with Gasteiger partial charge in [-0.2, -0.15) is 11.8 Å². The maximum Gasteiger partial charge on any atom is 0.0487 e. The summed E-state index contributed by atoms with van der Waals surface area (Å²) in [6.45, 7) is 2.70. The van der Waals surface area contributed by atoms with Crippen molar-refractivity contribution in [2.75, 3.05) is 18.6 Å². The maximum atomic E-state index is 9.70. The Bertz CT molecular complexity index is 185. The molecule has 0 aliphatic heterocycles. The van der Waals surface area contributed by atoms with E-state index in [0.29, 0.717) is 12.0 Å². The van der Waals surface area contributed by atoms with E-state index in [0.717, 1.165) is 5.92 Å². The van der Waals surface area contributed by atoms with Gasteiger partial charge in [0.2, 0.25) is 0 Å². The molecule has 1 saturated carbocycles. The molecule has 0 aromatic rings. The van der Waals surface area contributed by atoms with Gasteiger partial charge in [0.25, 0.3) is 0 Å². The van der Waals surface area contributed by atoms with Crippen LogP contribution in [0, 0.1) is 11.3 Å². The van der Waals surface area contributed by atoms with Gasteiger partial charge in [0.15, 0.2) is 0 Å². The summed E-state index contributed by atoms with van der Waals surface area (Å²) in [6.07, 6.45) is 14.1. The zero-order valence-corrected chi connectivity index (χ0v) is 12.5. The summed E-state index contributed by atoms with van der Waals surface area (Å²) in [4.78, 5) is 0. The van der Waals surface area contributed by atoms with Crippen LogP contribution < -0.4 is 0 Å². The van der Waals surface area contributed by atoms with Gasteiger partial charge in [-0.1, -0.05) is 26.2 Å². The number of hydrogen-bond acceptors (Lipinski definition) is 2. The van der Waals surface area contributed by atoms with Gasteiger partial charge in [0, 0.05) is 6.61 Å². The summed E-state index contributed by atoms with van der Waals surface area (Å²) in [5.41, 5.74) is 0.290. The predicted molar refractivity (Wildman–Crippen MR) is 78.6 cm³/mol. The number of rotatable bonds is 8. The second-order valence-corrected chi connectivity index (χ2v) is 6.83. The highest BCUT2D eigenvalue weighted by atomic mass is 32.2. The summed E-state index contributed by atoms with van der Waals surface area (Å²) < 4.78 is 0. The fourth-order valence-corrected chi connectivity index (χ4v) is 3.58. The normalized spacial score (nSPS) is 29.5. The molecule has 1 N–H and O–H groups in total. The van der Waals surface area contributed by atoms with Crippen LogP contribution in [0.25, 0.3) is 0 Å². The van der Waals surface area contributed by atoms with Crippen molar-refractivity contribution in [3.05, 3.63) is 0 Å². The zero-order chi connectivity index (χ0) is 12.6. The smallest absolute Gasteiger partial charge is 0.0487 e. The third kappa shape index (κ3) is 5.21. The van der Waals surface area contributed by atoms with Gasteiger partial charge in [0.05, 0.1) is 0 Å². The van der Waals surface area contributed by atoms with Gasteiger partial charge in [-0.3, -0.25) is 0 Å². The van der Waals surface area contributed by atoms with Crippen molar-refractivity contribution in [2.45, 2.75) is 64.7 Å². The standard InChI is InChI=1S/C15H30OS/c1-3-4-6-14-7-10-15(13-16,11-8-14)9-5-12-17-2/h14,16H,3-13H2,1-2H3. The highest BCUT2D eigenvalue weighted by molar-refractivity contribution is 7.98. The predicted octanol–water partition coefficient (Wildman–Crippen LogP) is 4.49. The fourth-order valence-electron chi connectivity index (χ4n) is 3.15. The molecule has 17 heavy (non-hydrogen) atoms. The van der Waals surface area contributed by atoms with Crippen molar-refractivity contribution in [3.63, 3.8) is 0 Å². The molecule has 0 radical (unpaired) electrons. The summed E-state index contributed by atoms with van der Waals surface area (Å²) in [5.74, 6) is 2.20. The lowest BCUT2D eigenvalue weighted by molar-refractivity contribution is 0.0536. The number of aliphatic hydroxyl groups is 1. The Morgan fingerprint density at radius 3 is 2.47 bits per heavy atom. The zero-order valence-electron chi connectivity index (χ0n) is 11.7. The molecule has 0 amide bonds. The second kappa shape index (κ2) is 8.42. The summed E-state index contributed by atoms with van der Waals surface area (Å²) in [6, 6.07) is 0. The largest absolute Gasteiger partial charge is 0.396 e. The van der Waals surface area contributed by atoms with Crippen molar-refractivity contribution >= 4 is 11.8 Å². The molecule has 0 atom stereocenters. The van der Waals surface area contributed by atoms with Crippen LogP contribution in [0.15, 0.2) is 0 Å². The highest BCUT2D eigenvalue weighted by Gasteiger charge is 2.33. The molecule has 0 heterocycles. The molecule has 0 saturated heterocycles. The summed E-state index contributed by atoms with van der Waals surface area (Å²) in [5, 5.41) is 9.70. The van der Waals surface area contributed by atoms with Crippen molar-refractivity contribution < 1.29 is 5.11 Å². The van der Waals surface area contributed by atoms with Gasteiger partial charge in [-0.25, -0.2) is 0 Å². The van der Waals surface area contributed by atoms with Crippen molar-refractivity contribution in [3.8, 4) is 0 Å². The minimum Gasteiger partial charge on any atom is -0.396 e. The lowest BCUT2D eigenvalue weighted by Crippen LogP contribution is -2.31. The first kappa shape index (κ1) is 15.4. The van der Waals surface area contributed by atoms with Crippen LogP contribution in [-0.4, -0.2) is 23.7 Å². The van der Waals surface area contributed by atoms with Gasteiger partial charge in [0.1, 0.15) is 0 Å². The average Bonchev–Trinajstić information content (AvgIpc) is 2.38. The Morgan fingerprint density at radius 1 is 1.24 bits per heavy atom. The minimum atomic E-state index is 0.290. The first-order valence-corrected chi connectivity index (χ1v) is 8.75. The third-order valence-corrected chi connectivity index (χ3v) is 5.22. The third-order valence-electron chi connectivity index (χ3n) is 4.52. The van der Waals surface area contributed by atoms with E-state index in [1.165, 1.54) is 63.5 Å². The molecule has 1 aliphatic rings. The molecule has 0 spiro atoms. The molecule has 2 heteroatoms. The van der Waals surface area contributed by atoms with Crippen LogP contribution >= 0.6 is 11.8 Å². The SMILES string of the molecule is CCCCC1CCC(CO)(CCCSC)CC1. The summed E-state index contributed by atoms with van der Waals surface area (Å²) >= 11 is 1.93. The molecule has 0 bridgehead atoms. The average molecular weight is 258 g/mol. The molecular formula is C15H30OS. The van der Waals surface area contributed by atoms with E-state index >= 15 is 0 Å². The molecule has 1 nitrogen and oxygen atoms in total. The Hall–Kier alpha value is 0.310. The molecule has 1 aliphatic carbocycles. The van der Waals surface area contributed by atoms with Crippen LogP contribution in [-0.2, 0) is 0 Å². The maximum absolute atomic E-state index is 9.70. The second-order valence-electron chi connectivity index (χ2n) is 5.84. The van der Waals surface area contributed by atoms with Crippen LogP contribution in [0.4, 0.5) is 0 Å². The van der Waals surface area contributed by atoms with E-state index in [1.807, 2.05) is 11.8 Å². The molecule has 1 fully saturated rings. The van der Waals surface area contributed by atoms with Gasteiger partial charge >= 0.3 is 0 Å². The number of aliphatic hydroxyl groups excluding tert-OH is 1. The molecular weight excluding hydrogens is 228 g/mol. The van der Waals surface area contributed by atoms with E-state index < -0.39 is 0 Å². The van der Waals surface area contributed by atoms with Crippen LogP contribution in [0.3, 0.4) is 0 Å². The fraction of sp³-hybridized carbons (Fsp3) is 1.00. The van der Waals surface area contributed by atoms with Crippen molar-refractivity contribution in [1.82, 2.24) is 0 Å².